The molecule has 8 nitrogen and oxygen atoms in total. The Morgan fingerprint density at radius 3 is 2.14 bits per heavy atom. The van der Waals surface area contributed by atoms with Gasteiger partial charge in [0.2, 0.25) is 17.7 Å². The molecule has 0 aromatic heterocycles. The largest absolute Gasteiger partial charge is 0.480 e. The molecule has 0 aromatic rings. The van der Waals surface area contributed by atoms with E-state index in [9.17, 15) is 19.2 Å². The van der Waals surface area contributed by atoms with Gasteiger partial charge < -0.3 is 21.5 Å². The zero-order chi connectivity index (χ0) is 16.6. The third-order valence-electron chi connectivity index (χ3n) is 2.63. The van der Waals surface area contributed by atoms with Crippen molar-refractivity contribution in [2.45, 2.75) is 46.1 Å². The van der Waals surface area contributed by atoms with Gasteiger partial charge in [0.25, 0.3) is 0 Å². The van der Waals surface area contributed by atoms with Gasteiger partial charge in [-0.25, -0.2) is 4.79 Å². The lowest BCUT2D eigenvalue weighted by molar-refractivity contribution is -0.142. The summed E-state index contributed by atoms with van der Waals surface area (Å²) in [5.41, 5.74) is 4.38. The predicted molar refractivity (Wildman–Crippen MR) is 75.1 cm³/mol. The van der Waals surface area contributed by atoms with E-state index in [4.69, 9.17) is 10.8 Å². The van der Waals surface area contributed by atoms with E-state index in [0.717, 1.165) is 0 Å². The van der Waals surface area contributed by atoms with Gasteiger partial charge in [0, 0.05) is 24.8 Å². The summed E-state index contributed by atoms with van der Waals surface area (Å²) in [6.07, 6.45) is -0.231. The van der Waals surface area contributed by atoms with E-state index in [1.165, 1.54) is 0 Å². The average Bonchev–Trinajstić information content (AvgIpc) is 2.32. The SMILES string of the molecule is CC(C)(C)C(=O)NCCC(=O)N[C@@H](CCC(N)=O)C(=O)O. The fourth-order valence-electron chi connectivity index (χ4n) is 1.37. The van der Waals surface area contributed by atoms with Crippen LogP contribution in [0.2, 0.25) is 0 Å². The van der Waals surface area contributed by atoms with Crippen molar-refractivity contribution in [1.82, 2.24) is 10.6 Å². The van der Waals surface area contributed by atoms with Crippen LogP contribution in [0, 0.1) is 5.41 Å². The monoisotopic (exact) mass is 301 g/mol. The van der Waals surface area contributed by atoms with E-state index >= 15 is 0 Å². The predicted octanol–water partition coefficient (Wildman–Crippen LogP) is -0.626. The Balaban J connectivity index is 4.18. The maximum atomic E-state index is 11.6. The van der Waals surface area contributed by atoms with Crippen LogP contribution in [0.1, 0.15) is 40.0 Å². The Labute approximate surface area is 123 Å². The van der Waals surface area contributed by atoms with Gasteiger partial charge in [0.15, 0.2) is 0 Å². The molecule has 0 saturated heterocycles. The zero-order valence-corrected chi connectivity index (χ0v) is 12.6. The van der Waals surface area contributed by atoms with Crippen molar-refractivity contribution in [2.24, 2.45) is 11.1 Å². The summed E-state index contributed by atoms with van der Waals surface area (Å²) >= 11 is 0. The molecule has 0 aliphatic rings. The van der Waals surface area contributed by atoms with Gasteiger partial charge in [-0.1, -0.05) is 20.8 Å². The molecule has 0 aliphatic carbocycles. The third kappa shape index (κ3) is 8.61. The molecule has 21 heavy (non-hydrogen) atoms. The first-order valence-corrected chi connectivity index (χ1v) is 6.63. The first-order valence-electron chi connectivity index (χ1n) is 6.63. The number of primary amides is 1. The highest BCUT2D eigenvalue weighted by Gasteiger charge is 2.22. The molecule has 0 aliphatic heterocycles. The Kier molecular flexibility index (Phi) is 7.40. The van der Waals surface area contributed by atoms with Crippen molar-refractivity contribution in [3.8, 4) is 0 Å². The van der Waals surface area contributed by atoms with E-state index in [1.54, 1.807) is 20.8 Å². The van der Waals surface area contributed by atoms with Gasteiger partial charge in [-0.3, -0.25) is 14.4 Å². The summed E-state index contributed by atoms with van der Waals surface area (Å²) in [6, 6.07) is -1.16. The van der Waals surface area contributed by atoms with Gasteiger partial charge in [0.05, 0.1) is 0 Å². The van der Waals surface area contributed by atoms with E-state index in [2.05, 4.69) is 10.6 Å². The second kappa shape index (κ2) is 8.23. The molecule has 0 fully saturated rings. The van der Waals surface area contributed by atoms with E-state index in [0.29, 0.717) is 0 Å². The Morgan fingerprint density at radius 1 is 1.14 bits per heavy atom. The number of rotatable bonds is 8. The molecule has 1 atom stereocenters. The fourth-order valence-corrected chi connectivity index (χ4v) is 1.37. The number of nitrogens with one attached hydrogen (secondary N) is 2. The molecule has 3 amide bonds. The third-order valence-corrected chi connectivity index (χ3v) is 2.63. The molecular formula is C13H23N3O5. The number of carboxylic acid groups (broad SMARTS) is 1. The van der Waals surface area contributed by atoms with Gasteiger partial charge in [-0.05, 0) is 6.42 Å². The number of amides is 3. The zero-order valence-electron chi connectivity index (χ0n) is 12.6. The molecule has 0 unspecified atom stereocenters. The van der Waals surface area contributed by atoms with E-state index in [-0.39, 0.29) is 31.7 Å². The van der Waals surface area contributed by atoms with Gasteiger partial charge in [-0.2, -0.15) is 0 Å². The first kappa shape index (κ1) is 18.9. The summed E-state index contributed by atoms with van der Waals surface area (Å²) in [7, 11) is 0. The van der Waals surface area contributed by atoms with Crippen LogP contribution in [0.25, 0.3) is 0 Å². The lowest BCUT2D eigenvalue weighted by atomic mass is 9.96. The summed E-state index contributed by atoms with van der Waals surface area (Å²) in [4.78, 5) is 44.7. The van der Waals surface area contributed by atoms with Crippen molar-refractivity contribution in [1.29, 1.82) is 0 Å². The maximum absolute atomic E-state index is 11.6. The Morgan fingerprint density at radius 2 is 1.71 bits per heavy atom. The van der Waals surface area contributed by atoms with Crippen molar-refractivity contribution in [3.05, 3.63) is 0 Å². The lowest BCUT2D eigenvalue weighted by Gasteiger charge is -2.18. The highest BCUT2D eigenvalue weighted by Crippen LogP contribution is 2.12. The minimum Gasteiger partial charge on any atom is -0.480 e. The van der Waals surface area contributed by atoms with Crippen LogP contribution < -0.4 is 16.4 Å². The molecule has 0 rings (SSSR count). The van der Waals surface area contributed by atoms with Crippen LogP contribution in [-0.2, 0) is 19.2 Å². The normalized spacial score (nSPS) is 12.3. The van der Waals surface area contributed by atoms with Crippen molar-refractivity contribution < 1.29 is 24.3 Å². The molecule has 0 spiro atoms. The van der Waals surface area contributed by atoms with Gasteiger partial charge >= 0.3 is 5.97 Å². The minimum absolute atomic E-state index is 0.0395. The number of carbonyl (C=O) groups is 4. The number of hydrogen-bond donors (Lipinski definition) is 4. The Hall–Kier alpha value is -2.12. The summed E-state index contributed by atoms with van der Waals surface area (Å²) < 4.78 is 0. The van der Waals surface area contributed by atoms with Crippen molar-refractivity contribution >= 4 is 23.7 Å². The summed E-state index contributed by atoms with van der Waals surface area (Å²) in [6.45, 7) is 5.34. The van der Waals surface area contributed by atoms with Crippen LogP contribution in [0.5, 0.6) is 0 Å². The second-order valence-corrected chi connectivity index (χ2v) is 5.72. The van der Waals surface area contributed by atoms with Crippen molar-refractivity contribution in [2.75, 3.05) is 6.54 Å². The quantitative estimate of drug-likeness (QED) is 0.473. The number of nitrogens with two attached hydrogens (primary N) is 1. The van der Waals surface area contributed by atoms with Crippen LogP contribution in [0.3, 0.4) is 0 Å². The van der Waals surface area contributed by atoms with Crippen LogP contribution in [0.4, 0.5) is 0 Å². The molecule has 8 heteroatoms. The van der Waals surface area contributed by atoms with Gasteiger partial charge in [-0.15, -0.1) is 0 Å². The van der Waals surface area contributed by atoms with E-state index < -0.39 is 29.2 Å². The number of carbonyl (C=O) groups excluding carboxylic acids is 3. The molecular weight excluding hydrogens is 278 g/mol. The molecule has 0 aromatic carbocycles. The first-order chi connectivity index (χ1) is 9.54. The average molecular weight is 301 g/mol. The standard InChI is InChI=1S/C13H23N3O5/c1-13(2,3)12(21)15-7-6-10(18)16-8(11(19)20)4-5-9(14)17/h8H,4-7H2,1-3H3,(H2,14,17)(H,15,21)(H,16,18)(H,19,20)/t8-/m0/s1. The van der Waals surface area contributed by atoms with E-state index in [1.807, 2.05) is 0 Å². The smallest absolute Gasteiger partial charge is 0.326 e. The highest BCUT2D eigenvalue weighted by molar-refractivity contribution is 5.85. The molecule has 0 heterocycles. The molecule has 0 bridgehead atoms. The number of aliphatic carboxylic acids is 1. The number of hydrogen-bond acceptors (Lipinski definition) is 4. The maximum Gasteiger partial charge on any atom is 0.326 e. The Bertz CT molecular complexity index is 415. The molecule has 0 radical (unpaired) electrons. The lowest BCUT2D eigenvalue weighted by Crippen LogP contribution is -2.43. The van der Waals surface area contributed by atoms with Crippen LogP contribution in [0.15, 0.2) is 0 Å². The molecule has 120 valence electrons. The highest BCUT2D eigenvalue weighted by atomic mass is 16.4. The molecule has 0 saturated carbocycles. The topological polar surface area (TPSA) is 139 Å². The van der Waals surface area contributed by atoms with Crippen LogP contribution in [-0.4, -0.2) is 41.4 Å². The molecule has 5 N–H and O–H groups in total. The fraction of sp³-hybridized carbons (Fsp3) is 0.692. The minimum atomic E-state index is -1.23. The summed E-state index contributed by atoms with van der Waals surface area (Å²) in [5.74, 6) is -2.57. The van der Waals surface area contributed by atoms with Gasteiger partial charge in [0.1, 0.15) is 6.04 Å². The second-order valence-electron chi connectivity index (χ2n) is 5.72. The number of carboxylic acids is 1. The van der Waals surface area contributed by atoms with Crippen LogP contribution >= 0.6 is 0 Å². The van der Waals surface area contributed by atoms with Crippen molar-refractivity contribution in [3.63, 3.8) is 0 Å². The summed E-state index contributed by atoms with van der Waals surface area (Å²) in [5, 5.41) is 13.8.